The van der Waals surface area contributed by atoms with Crippen LogP contribution in [0.3, 0.4) is 0 Å². The fourth-order valence-electron chi connectivity index (χ4n) is 2.58. The molecule has 19 heavy (non-hydrogen) atoms. The number of hydrogen-bond donors (Lipinski definition) is 2. The zero-order valence-electron chi connectivity index (χ0n) is 10.7. The van der Waals surface area contributed by atoms with Crippen molar-refractivity contribution in [1.82, 2.24) is 0 Å². The van der Waals surface area contributed by atoms with Gasteiger partial charge < -0.3 is 20.5 Å². The van der Waals surface area contributed by atoms with Crippen LogP contribution in [0.2, 0.25) is 0 Å². The first kappa shape index (κ1) is 12.4. The Morgan fingerprint density at radius 2 is 2.37 bits per heavy atom. The minimum absolute atomic E-state index is 0.0766. The van der Waals surface area contributed by atoms with Crippen molar-refractivity contribution in [2.24, 2.45) is 5.73 Å². The molecular formula is C14H18N2O3. The van der Waals surface area contributed by atoms with Gasteiger partial charge in [0.05, 0.1) is 11.8 Å². The van der Waals surface area contributed by atoms with Crippen molar-refractivity contribution in [3.8, 4) is 5.75 Å². The number of hydrogen-bond acceptors (Lipinski definition) is 4. The van der Waals surface area contributed by atoms with Crippen LogP contribution < -0.4 is 15.8 Å². The third-order valence-electron chi connectivity index (χ3n) is 3.61. The van der Waals surface area contributed by atoms with E-state index in [0.29, 0.717) is 11.4 Å². The summed E-state index contributed by atoms with van der Waals surface area (Å²) in [7, 11) is 0. The molecule has 0 saturated carbocycles. The molecule has 0 bridgehead atoms. The molecule has 0 radical (unpaired) electrons. The van der Waals surface area contributed by atoms with E-state index in [2.05, 4.69) is 5.32 Å². The van der Waals surface area contributed by atoms with Crippen LogP contribution >= 0.6 is 0 Å². The minimum atomic E-state index is -0.127. The maximum Gasteiger partial charge on any atom is 0.262 e. The van der Waals surface area contributed by atoms with Gasteiger partial charge in [0.1, 0.15) is 5.75 Å². The molecule has 5 heteroatoms. The van der Waals surface area contributed by atoms with E-state index in [1.54, 1.807) is 0 Å². The number of carbonyl (C=O) groups is 1. The first-order chi connectivity index (χ1) is 9.22. The fraction of sp³-hybridized carbons (Fsp3) is 0.500. The lowest BCUT2D eigenvalue weighted by Gasteiger charge is -2.21. The minimum Gasteiger partial charge on any atom is -0.482 e. The van der Waals surface area contributed by atoms with E-state index in [1.807, 2.05) is 18.2 Å². The molecule has 0 spiro atoms. The number of benzene rings is 1. The molecule has 1 fully saturated rings. The van der Waals surface area contributed by atoms with Gasteiger partial charge in [0.15, 0.2) is 6.61 Å². The molecule has 102 valence electrons. The molecule has 2 unspecified atom stereocenters. The molecule has 2 aliphatic rings. The Kier molecular flexibility index (Phi) is 3.40. The maximum atomic E-state index is 11.3. The SMILES string of the molecule is NC(CC1CCCO1)c1ccc2c(c1)NC(=O)CO2. The highest BCUT2D eigenvalue weighted by atomic mass is 16.5. The van der Waals surface area contributed by atoms with Gasteiger partial charge in [-0.05, 0) is 37.0 Å². The van der Waals surface area contributed by atoms with Crippen LogP contribution in [0.25, 0.3) is 0 Å². The second-order valence-electron chi connectivity index (χ2n) is 5.07. The monoisotopic (exact) mass is 262 g/mol. The molecule has 1 amide bonds. The first-order valence-electron chi connectivity index (χ1n) is 6.66. The van der Waals surface area contributed by atoms with E-state index < -0.39 is 0 Å². The van der Waals surface area contributed by atoms with Gasteiger partial charge in [-0.3, -0.25) is 4.79 Å². The van der Waals surface area contributed by atoms with Gasteiger partial charge in [-0.25, -0.2) is 0 Å². The van der Waals surface area contributed by atoms with E-state index in [-0.39, 0.29) is 24.7 Å². The molecule has 0 aliphatic carbocycles. The third kappa shape index (κ3) is 2.72. The van der Waals surface area contributed by atoms with E-state index in [1.165, 1.54) is 0 Å². The average Bonchev–Trinajstić information content (AvgIpc) is 2.90. The second kappa shape index (κ2) is 5.19. The summed E-state index contributed by atoms with van der Waals surface area (Å²) in [5.74, 6) is 0.574. The Balaban J connectivity index is 1.73. The molecule has 0 aromatic heterocycles. The van der Waals surface area contributed by atoms with Crippen molar-refractivity contribution >= 4 is 11.6 Å². The summed E-state index contributed by atoms with van der Waals surface area (Å²) in [4.78, 5) is 11.3. The van der Waals surface area contributed by atoms with Crippen molar-refractivity contribution in [2.75, 3.05) is 18.5 Å². The summed E-state index contributed by atoms with van der Waals surface area (Å²) < 4.78 is 10.9. The summed E-state index contributed by atoms with van der Waals surface area (Å²) >= 11 is 0. The summed E-state index contributed by atoms with van der Waals surface area (Å²) in [5, 5.41) is 2.80. The standard InChI is InChI=1S/C14H18N2O3/c15-11(7-10-2-1-5-18-10)9-3-4-13-12(6-9)16-14(17)8-19-13/h3-4,6,10-11H,1-2,5,7-8,15H2,(H,16,17). The largest absolute Gasteiger partial charge is 0.482 e. The van der Waals surface area contributed by atoms with Crippen LogP contribution in [-0.2, 0) is 9.53 Å². The first-order valence-corrected chi connectivity index (χ1v) is 6.66. The predicted molar refractivity (Wildman–Crippen MR) is 71.1 cm³/mol. The predicted octanol–water partition coefficient (Wildman–Crippen LogP) is 1.59. The number of carbonyl (C=O) groups excluding carboxylic acids is 1. The van der Waals surface area contributed by atoms with E-state index >= 15 is 0 Å². The van der Waals surface area contributed by atoms with Gasteiger partial charge in [0.2, 0.25) is 0 Å². The third-order valence-corrected chi connectivity index (χ3v) is 3.61. The molecule has 2 heterocycles. The van der Waals surface area contributed by atoms with Crippen LogP contribution in [0.1, 0.15) is 30.9 Å². The molecule has 1 saturated heterocycles. The maximum absolute atomic E-state index is 11.3. The van der Waals surface area contributed by atoms with Gasteiger partial charge in [-0.2, -0.15) is 0 Å². The van der Waals surface area contributed by atoms with E-state index in [4.69, 9.17) is 15.2 Å². The molecule has 3 N–H and O–H groups in total. The normalized spacial score (nSPS) is 23.4. The van der Waals surface area contributed by atoms with Crippen molar-refractivity contribution in [1.29, 1.82) is 0 Å². The number of amides is 1. The number of anilines is 1. The fourth-order valence-corrected chi connectivity index (χ4v) is 2.58. The van der Waals surface area contributed by atoms with Crippen LogP contribution in [0, 0.1) is 0 Å². The molecule has 5 nitrogen and oxygen atoms in total. The molecule has 1 aromatic carbocycles. The summed E-state index contributed by atoms with van der Waals surface area (Å²) in [6, 6.07) is 5.63. The van der Waals surface area contributed by atoms with Gasteiger partial charge >= 0.3 is 0 Å². The Bertz CT molecular complexity index is 484. The Morgan fingerprint density at radius 1 is 1.47 bits per heavy atom. The van der Waals surface area contributed by atoms with Crippen LogP contribution in [0.4, 0.5) is 5.69 Å². The zero-order chi connectivity index (χ0) is 13.2. The highest BCUT2D eigenvalue weighted by Crippen LogP contribution is 2.32. The van der Waals surface area contributed by atoms with Gasteiger partial charge in [0.25, 0.3) is 5.91 Å². The Hall–Kier alpha value is -1.59. The molecule has 2 atom stereocenters. The van der Waals surface area contributed by atoms with Gasteiger partial charge in [-0.15, -0.1) is 0 Å². The molecule has 1 aromatic rings. The molecule has 3 rings (SSSR count). The number of ether oxygens (including phenoxy) is 2. The Morgan fingerprint density at radius 3 is 3.16 bits per heavy atom. The smallest absolute Gasteiger partial charge is 0.262 e. The number of fused-ring (bicyclic) bond motifs is 1. The number of rotatable bonds is 3. The average molecular weight is 262 g/mol. The van der Waals surface area contributed by atoms with E-state index in [0.717, 1.165) is 31.4 Å². The van der Waals surface area contributed by atoms with Crippen molar-refractivity contribution in [2.45, 2.75) is 31.4 Å². The van der Waals surface area contributed by atoms with Gasteiger partial charge in [0, 0.05) is 12.6 Å². The van der Waals surface area contributed by atoms with Crippen LogP contribution in [0.5, 0.6) is 5.75 Å². The number of nitrogens with two attached hydrogens (primary N) is 1. The topological polar surface area (TPSA) is 73.6 Å². The van der Waals surface area contributed by atoms with Crippen molar-refractivity contribution in [3.05, 3.63) is 23.8 Å². The quantitative estimate of drug-likeness (QED) is 0.867. The van der Waals surface area contributed by atoms with Crippen molar-refractivity contribution < 1.29 is 14.3 Å². The second-order valence-corrected chi connectivity index (χ2v) is 5.07. The summed E-state index contributed by atoms with van der Waals surface area (Å²) in [5.41, 5.74) is 7.91. The lowest BCUT2D eigenvalue weighted by molar-refractivity contribution is -0.118. The van der Waals surface area contributed by atoms with Crippen LogP contribution in [0.15, 0.2) is 18.2 Å². The summed E-state index contributed by atoms with van der Waals surface area (Å²) in [6.07, 6.45) is 3.27. The molecular weight excluding hydrogens is 244 g/mol. The zero-order valence-corrected chi connectivity index (χ0v) is 10.7. The molecule has 2 aliphatic heterocycles. The lowest BCUT2D eigenvalue weighted by atomic mass is 9.99. The Labute approximate surface area is 112 Å². The van der Waals surface area contributed by atoms with Crippen LogP contribution in [-0.4, -0.2) is 25.2 Å². The highest BCUT2D eigenvalue weighted by molar-refractivity contribution is 5.95. The number of nitrogens with one attached hydrogen (secondary N) is 1. The summed E-state index contributed by atoms with van der Waals surface area (Å²) in [6.45, 7) is 0.916. The highest BCUT2D eigenvalue weighted by Gasteiger charge is 2.21. The van der Waals surface area contributed by atoms with Gasteiger partial charge in [-0.1, -0.05) is 6.07 Å². The van der Waals surface area contributed by atoms with E-state index in [9.17, 15) is 4.79 Å². The lowest BCUT2D eigenvalue weighted by Crippen LogP contribution is -2.26. The van der Waals surface area contributed by atoms with Crippen molar-refractivity contribution in [3.63, 3.8) is 0 Å².